The first-order valence-electron chi connectivity index (χ1n) is 4.20. The second-order valence-corrected chi connectivity index (χ2v) is 3.93. The summed E-state index contributed by atoms with van der Waals surface area (Å²) in [6.07, 6.45) is -3.16. The molecule has 0 bridgehead atoms. The SMILES string of the molecule is FC(F)(F)c1ccc2c(Cl)c(Cl)cnc2c1. The third-order valence-corrected chi connectivity index (χ3v) is 2.88. The van der Waals surface area contributed by atoms with Gasteiger partial charge < -0.3 is 0 Å². The minimum absolute atomic E-state index is 0.171. The van der Waals surface area contributed by atoms with Crippen molar-refractivity contribution < 1.29 is 13.2 Å². The zero-order chi connectivity index (χ0) is 11.9. The van der Waals surface area contributed by atoms with E-state index in [1.807, 2.05) is 0 Å². The maximum Gasteiger partial charge on any atom is 0.416 e. The number of pyridine rings is 1. The fourth-order valence-electron chi connectivity index (χ4n) is 1.31. The van der Waals surface area contributed by atoms with Crippen LogP contribution in [0.1, 0.15) is 5.56 Å². The highest BCUT2D eigenvalue weighted by Crippen LogP contribution is 2.34. The topological polar surface area (TPSA) is 12.9 Å². The Kier molecular flexibility index (Phi) is 2.72. The van der Waals surface area contributed by atoms with Gasteiger partial charge in [-0.1, -0.05) is 29.3 Å². The molecule has 0 saturated heterocycles. The van der Waals surface area contributed by atoms with Crippen molar-refractivity contribution in [2.24, 2.45) is 0 Å². The summed E-state index contributed by atoms with van der Waals surface area (Å²) in [5.41, 5.74) is -0.588. The van der Waals surface area contributed by atoms with Crippen molar-refractivity contribution in [1.29, 1.82) is 0 Å². The van der Waals surface area contributed by atoms with E-state index in [9.17, 15) is 13.2 Å². The van der Waals surface area contributed by atoms with Crippen LogP contribution in [-0.4, -0.2) is 4.98 Å². The summed E-state index contributed by atoms with van der Waals surface area (Å²) in [7, 11) is 0. The highest BCUT2D eigenvalue weighted by atomic mass is 35.5. The first kappa shape index (κ1) is 11.5. The Morgan fingerprint density at radius 3 is 2.44 bits per heavy atom. The molecule has 0 fully saturated rings. The number of rotatable bonds is 0. The summed E-state index contributed by atoms with van der Waals surface area (Å²) < 4.78 is 37.2. The molecule has 0 aliphatic rings. The molecule has 2 aromatic rings. The Hall–Kier alpha value is -1.00. The largest absolute Gasteiger partial charge is 0.416 e. The second kappa shape index (κ2) is 3.79. The normalized spacial score (nSPS) is 12.1. The van der Waals surface area contributed by atoms with E-state index < -0.39 is 11.7 Å². The van der Waals surface area contributed by atoms with Gasteiger partial charge in [-0.25, -0.2) is 0 Å². The molecule has 0 unspecified atom stereocenters. The summed E-state index contributed by atoms with van der Waals surface area (Å²) in [6.45, 7) is 0. The lowest BCUT2D eigenvalue weighted by atomic mass is 10.1. The molecule has 0 spiro atoms. The van der Waals surface area contributed by atoms with Gasteiger partial charge in [-0.05, 0) is 12.1 Å². The van der Waals surface area contributed by atoms with Gasteiger partial charge in [0.05, 0.1) is 21.1 Å². The third kappa shape index (κ3) is 1.95. The van der Waals surface area contributed by atoms with E-state index in [1.165, 1.54) is 12.3 Å². The zero-order valence-electron chi connectivity index (χ0n) is 7.65. The van der Waals surface area contributed by atoms with Gasteiger partial charge in [0.1, 0.15) is 0 Å². The molecule has 1 aromatic carbocycles. The Balaban J connectivity index is 2.70. The van der Waals surface area contributed by atoms with Gasteiger partial charge in [0, 0.05) is 11.6 Å². The van der Waals surface area contributed by atoms with Gasteiger partial charge in [0.2, 0.25) is 0 Å². The number of hydrogen-bond donors (Lipinski definition) is 0. The molecule has 84 valence electrons. The maximum atomic E-state index is 12.4. The van der Waals surface area contributed by atoms with Gasteiger partial charge in [-0.2, -0.15) is 13.2 Å². The summed E-state index contributed by atoms with van der Waals surface area (Å²) >= 11 is 11.5. The molecule has 0 saturated carbocycles. The van der Waals surface area contributed by atoms with Gasteiger partial charge in [0.25, 0.3) is 0 Å². The molecule has 0 atom stereocenters. The van der Waals surface area contributed by atoms with Gasteiger partial charge in [0.15, 0.2) is 0 Å². The van der Waals surface area contributed by atoms with E-state index in [2.05, 4.69) is 4.98 Å². The van der Waals surface area contributed by atoms with Crippen LogP contribution in [0.5, 0.6) is 0 Å². The molecule has 1 nitrogen and oxygen atoms in total. The Morgan fingerprint density at radius 2 is 1.81 bits per heavy atom. The molecule has 0 aliphatic carbocycles. The monoisotopic (exact) mass is 265 g/mol. The fraction of sp³-hybridized carbons (Fsp3) is 0.100. The van der Waals surface area contributed by atoms with Crippen molar-refractivity contribution in [1.82, 2.24) is 4.98 Å². The summed E-state index contributed by atoms with van der Waals surface area (Å²) in [6, 6.07) is 3.16. The number of nitrogens with zero attached hydrogens (tertiary/aromatic N) is 1. The van der Waals surface area contributed by atoms with Gasteiger partial charge in [-0.15, -0.1) is 0 Å². The molecule has 0 amide bonds. The quantitative estimate of drug-likeness (QED) is 0.681. The van der Waals surface area contributed by atoms with Crippen LogP contribution >= 0.6 is 23.2 Å². The molecule has 6 heteroatoms. The minimum Gasteiger partial charge on any atom is -0.255 e. The van der Waals surface area contributed by atoms with E-state index in [1.54, 1.807) is 0 Å². The van der Waals surface area contributed by atoms with Crippen molar-refractivity contribution in [3.8, 4) is 0 Å². The average Bonchev–Trinajstić information content (AvgIpc) is 2.22. The molecular weight excluding hydrogens is 262 g/mol. The molecule has 1 heterocycles. The lowest BCUT2D eigenvalue weighted by Crippen LogP contribution is -2.04. The van der Waals surface area contributed by atoms with E-state index in [0.717, 1.165) is 12.1 Å². The van der Waals surface area contributed by atoms with Crippen LogP contribution < -0.4 is 0 Å². The smallest absolute Gasteiger partial charge is 0.255 e. The first-order chi connectivity index (χ1) is 7.39. The van der Waals surface area contributed by atoms with Crippen LogP contribution in [0, 0.1) is 0 Å². The third-order valence-electron chi connectivity index (χ3n) is 2.09. The molecule has 1 aromatic heterocycles. The maximum absolute atomic E-state index is 12.4. The number of hydrogen-bond acceptors (Lipinski definition) is 1. The van der Waals surface area contributed by atoms with Crippen molar-refractivity contribution in [2.75, 3.05) is 0 Å². The number of aromatic nitrogens is 1. The molecule has 0 aliphatic heterocycles. The number of halogens is 5. The van der Waals surface area contributed by atoms with Crippen LogP contribution in [0.3, 0.4) is 0 Å². The molecule has 2 rings (SSSR count). The van der Waals surface area contributed by atoms with E-state index in [-0.39, 0.29) is 15.6 Å². The van der Waals surface area contributed by atoms with Crippen LogP contribution in [-0.2, 0) is 6.18 Å². The van der Waals surface area contributed by atoms with Crippen molar-refractivity contribution >= 4 is 34.1 Å². The van der Waals surface area contributed by atoms with E-state index >= 15 is 0 Å². The predicted octanol–water partition coefficient (Wildman–Crippen LogP) is 4.56. The summed E-state index contributed by atoms with van der Waals surface area (Å²) in [5.74, 6) is 0. The number of alkyl halides is 3. The highest BCUT2D eigenvalue weighted by Gasteiger charge is 2.30. The van der Waals surface area contributed by atoms with Crippen LogP contribution in [0.15, 0.2) is 24.4 Å². The minimum atomic E-state index is -4.39. The van der Waals surface area contributed by atoms with Crippen molar-refractivity contribution in [2.45, 2.75) is 6.18 Å². The van der Waals surface area contributed by atoms with E-state index in [0.29, 0.717) is 5.39 Å². The first-order valence-corrected chi connectivity index (χ1v) is 4.96. The molecular formula is C10H4Cl2F3N. The highest BCUT2D eigenvalue weighted by molar-refractivity contribution is 6.45. The predicted molar refractivity (Wildman–Crippen MR) is 56.8 cm³/mol. The number of benzene rings is 1. The summed E-state index contributed by atoms with van der Waals surface area (Å²) in [5, 5.41) is 0.830. The van der Waals surface area contributed by atoms with Crippen LogP contribution in [0.25, 0.3) is 10.9 Å². The van der Waals surface area contributed by atoms with Crippen LogP contribution in [0.4, 0.5) is 13.2 Å². The van der Waals surface area contributed by atoms with Crippen LogP contribution in [0.2, 0.25) is 10.0 Å². The van der Waals surface area contributed by atoms with E-state index in [4.69, 9.17) is 23.2 Å². The Morgan fingerprint density at radius 1 is 1.12 bits per heavy atom. The lowest BCUT2D eigenvalue weighted by Gasteiger charge is -2.08. The molecule has 0 N–H and O–H groups in total. The van der Waals surface area contributed by atoms with Crippen molar-refractivity contribution in [3.63, 3.8) is 0 Å². The fourth-order valence-corrected chi connectivity index (χ4v) is 1.67. The second-order valence-electron chi connectivity index (χ2n) is 3.15. The average molecular weight is 266 g/mol. The lowest BCUT2D eigenvalue weighted by molar-refractivity contribution is -0.137. The zero-order valence-corrected chi connectivity index (χ0v) is 9.16. The molecule has 16 heavy (non-hydrogen) atoms. The Labute approximate surface area is 98.8 Å². The van der Waals surface area contributed by atoms with Gasteiger partial charge >= 0.3 is 6.18 Å². The van der Waals surface area contributed by atoms with Crippen molar-refractivity contribution in [3.05, 3.63) is 40.0 Å². The standard InChI is InChI=1S/C10H4Cl2F3N/c11-7-4-16-8-3-5(10(13,14)15)1-2-6(8)9(7)12/h1-4H. The van der Waals surface area contributed by atoms with Gasteiger partial charge in [-0.3, -0.25) is 4.98 Å². The number of fused-ring (bicyclic) bond motifs is 1. The Bertz CT molecular complexity index is 551. The summed E-state index contributed by atoms with van der Waals surface area (Å²) in [4.78, 5) is 3.80. The molecule has 0 radical (unpaired) electrons.